The lowest BCUT2D eigenvalue weighted by molar-refractivity contribution is -0.135. The van der Waals surface area contributed by atoms with Gasteiger partial charge < -0.3 is 10.2 Å². The molecule has 0 radical (unpaired) electrons. The van der Waals surface area contributed by atoms with Crippen molar-refractivity contribution >= 4 is 18.3 Å². The molecule has 4 heteroatoms. The quantitative estimate of drug-likeness (QED) is 0.864. The number of piperidine rings is 1. The van der Waals surface area contributed by atoms with Gasteiger partial charge in [0.25, 0.3) is 0 Å². The molecule has 0 aromatic heterocycles. The number of rotatable bonds is 3. The molecule has 124 valence electrons. The highest BCUT2D eigenvalue weighted by Gasteiger charge is 2.28. The summed E-state index contributed by atoms with van der Waals surface area (Å²) >= 11 is 0. The number of hydrogen-bond acceptors (Lipinski definition) is 2. The highest BCUT2D eigenvalue weighted by atomic mass is 35.5. The van der Waals surface area contributed by atoms with Crippen molar-refractivity contribution in [2.24, 2.45) is 17.8 Å². The van der Waals surface area contributed by atoms with E-state index in [4.69, 9.17) is 0 Å². The van der Waals surface area contributed by atoms with Gasteiger partial charge in [-0.2, -0.15) is 0 Å². The van der Waals surface area contributed by atoms with Crippen molar-refractivity contribution in [3.05, 3.63) is 0 Å². The maximum atomic E-state index is 12.7. The summed E-state index contributed by atoms with van der Waals surface area (Å²) in [7, 11) is 0. The number of carbonyl (C=O) groups is 1. The Morgan fingerprint density at radius 3 is 2.52 bits per heavy atom. The summed E-state index contributed by atoms with van der Waals surface area (Å²) in [6.45, 7) is 10.0. The number of carbonyl (C=O) groups excluding carboxylic acids is 1. The van der Waals surface area contributed by atoms with Crippen molar-refractivity contribution < 1.29 is 4.79 Å². The van der Waals surface area contributed by atoms with E-state index in [0.717, 1.165) is 32.0 Å². The number of halogens is 1. The molecule has 2 aliphatic rings. The lowest BCUT2D eigenvalue weighted by atomic mass is 9.84. The zero-order chi connectivity index (χ0) is 14.5. The molecule has 0 bridgehead atoms. The summed E-state index contributed by atoms with van der Waals surface area (Å²) in [6, 6.07) is 0.438. The smallest absolute Gasteiger partial charge is 0.223 e. The average molecular weight is 317 g/mol. The van der Waals surface area contributed by atoms with Crippen LogP contribution < -0.4 is 5.32 Å². The van der Waals surface area contributed by atoms with E-state index >= 15 is 0 Å². The molecule has 2 heterocycles. The van der Waals surface area contributed by atoms with Gasteiger partial charge in [-0.15, -0.1) is 12.4 Å². The minimum Gasteiger partial charge on any atom is -0.340 e. The topological polar surface area (TPSA) is 32.3 Å². The maximum absolute atomic E-state index is 12.7. The van der Waals surface area contributed by atoms with Gasteiger partial charge in [-0.1, -0.05) is 20.3 Å². The Labute approximate surface area is 136 Å². The van der Waals surface area contributed by atoms with E-state index in [2.05, 4.69) is 31.0 Å². The van der Waals surface area contributed by atoms with Crippen LogP contribution >= 0.6 is 12.4 Å². The van der Waals surface area contributed by atoms with Crippen molar-refractivity contribution in [1.29, 1.82) is 0 Å². The largest absolute Gasteiger partial charge is 0.340 e. The molecule has 0 saturated carbocycles. The van der Waals surface area contributed by atoms with Crippen molar-refractivity contribution in [3.8, 4) is 0 Å². The lowest BCUT2D eigenvalue weighted by Crippen LogP contribution is -2.41. The normalized spacial score (nSPS) is 29.4. The Bertz CT molecular complexity index is 318. The van der Waals surface area contributed by atoms with Gasteiger partial charge in [-0.05, 0) is 63.5 Å². The van der Waals surface area contributed by atoms with Gasteiger partial charge in [0.15, 0.2) is 0 Å². The van der Waals surface area contributed by atoms with Crippen LogP contribution in [0.2, 0.25) is 0 Å². The third-order valence-corrected chi connectivity index (χ3v) is 5.36. The third kappa shape index (κ3) is 5.45. The van der Waals surface area contributed by atoms with Gasteiger partial charge in [0.05, 0.1) is 0 Å². The van der Waals surface area contributed by atoms with E-state index in [1.54, 1.807) is 0 Å². The number of nitrogens with zero attached hydrogens (tertiary/aromatic N) is 1. The van der Waals surface area contributed by atoms with Crippen LogP contribution in [0.4, 0.5) is 0 Å². The molecule has 2 rings (SSSR count). The monoisotopic (exact) mass is 316 g/mol. The summed E-state index contributed by atoms with van der Waals surface area (Å²) in [5.74, 6) is 2.34. The fourth-order valence-electron chi connectivity index (χ4n) is 3.84. The molecule has 0 aromatic carbocycles. The predicted molar refractivity (Wildman–Crippen MR) is 90.8 cm³/mol. The van der Waals surface area contributed by atoms with Crippen LogP contribution in [-0.2, 0) is 4.79 Å². The Hall–Kier alpha value is -0.280. The fourth-order valence-corrected chi connectivity index (χ4v) is 3.84. The Balaban J connectivity index is 0.00000220. The zero-order valence-electron chi connectivity index (χ0n) is 13.9. The van der Waals surface area contributed by atoms with Crippen molar-refractivity contribution in [2.75, 3.05) is 19.6 Å². The van der Waals surface area contributed by atoms with Crippen LogP contribution in [0.3, 0.4) is 0 Å². The zero-order valence-corrected chi connectivity index (χ0v) is 14.8. The molecule has 2 fully saturated rings. The summed E-state index contributed by atoms with van der Waals surface area (Å²) in [6.07, 6.45) is 6.95. The lowest BCUT2D eigenvalue weighted by Gasteiger charge is -2.32. The van der Waals surface area contributed by atoms with Gasteiger partial charge in [0, 0.05) is 19.0 Å². The molecule has 3 unspecified atom stereocenters. The van der Waals surface area contributed by atoms with Crippen molar-refractivity contribution in [1.82, 2.24) is 10.2 Å². The van der Waals surface area contributed by atoms with Gasteiger partial charge in [0.1, 0.15) is 0 Å². The molecule has 3 atom stereocenters. The van der Waals surface area contributed by atoms with Gasteiger partial charge in [-0.25, -0.2) is 0 Å². The second kappa shape index (κ2) is 8.99. The van der Waals surface area contributed by atoms with E-state index in [0.29, 0.717) is 23.8 Å². The van der Waals surface area contributed by atoms with Crippen LogP contribution in [0.15, 0.2) is 0 Å². The van der Waals surface area contributed by atoms with Crippen LogP contribution in [0.1, 0.15) is 59.3 Å². The number of nitrogens with one attached hydrogen (secondary N) is 1. The molecule has 21 heavy (non-hydrogen) atoms. The van der Waals surface area contributed by atoms with Gasteiger partial charge in [-0.3, -0.25) is 4.79 Å². The standard InChI is InChI=1S/C17H32N2O.ClH/c1-13-5-4-6-15(3)19(12-13)17(20)11-14(2)16-7-9-18-10-8-16;/h13-16,18H,4-12H2,1-3H3;1H. The molecule has 2 aliphatic heterocycles. The van der Waals surface area contributed by atoms with Crippen LogP contribution in [-0.4, -0.2) is 36.5 Å². The highest BCUT2D eigenvalue weighted by molar-refractivity contribution is 5.85. The van der Waals surface area contributed by atoms with Crippen molar-refractivity contribution in [2.45, 2.75) is 65.3 Å². The maximum Gasteiger partial charge on any atom is 0.223 e. The fraction of sp³-hybridized carbons (Fsp3) is 0.941. The van der Waals surface area contributed by atoms with E-state index in [1.165, 1.54) is 32.1 Å². The molecule has 0 spiro atoms. The average Bonchev–Trinajstić information content (AvgIpc) is 2.61. The Morgan fingerprint density at radius 2 is 1.86 bits per heavy atom. The first-order chi connectivity index (χ1) is 9.58. The van der Waals surface area contributed by atoms with E-state index in [-0.39, 0.29) is 12.4 Å². The first-order valence-corrected chi connectivity index (χ1v) is 8.58. The van der Waals surface area contributed by atoms with Gasteiger partial charge in [0.2, 0.25) is 5.91 Å². The second-order valence-electron chi connectivity index (χ2n) is 7.20. The van der Waals surface area contributed by atoms with Crippen LogP contribution in [0, 0.1) is 17.8 Å². The molecule has 1 amide bonds. The first-order valence-electron chi connectivity index (χ1n) is 8.58. The Kier molecular flexibility index (Phi) is 8.04. The van der Waals surface area contributed by atoms with E-state index in [1.807, 2.05) is 0 Å². The van der Waals surface area contributed by atoms with Crippen LogP contribution in [0.25, 0.3) is 0 Å². The third-order valence-electron chi connectivity index (χ3n) is 5.36. The molecule has 3 nitrogen and oxygen atoms in total. The minimum absolute atomic E-state index is 0. The second-order valence-corrected chi connectivity index (χ2v) is 7.20. The minimum atomic E-state index is 0. The molecular formula is C17H33ClN2O. The van der Waals surface area contributed by atoms with E-state index < -0.39 is 0 Å². The van der Waals surface area contributed by atoms with Crippen molar-refractivity contribution in [3.63, 3.8) is 0 Å². The molecular weight excluding hydrogens is 284 g/mol. The molecule has 2 saturated heterocycles. The summed E-state index contributed by atoms with van der Waals surface area (Å²) in [5.41, 5.74) is 0. The highest BCUT2D eigenvalue weighted by Crippen LogP contribution is 2.27. The van der Waals surface area contributed by atoms with E-state index in [9.17, 15) is 4.79 Å². The van der Waals surface area contributed by atoms with Crippen LogP contribution in [0.5, 0.6) is 0 Å². The summed E-state index contributed by atoms with van der Waals surface area (Å²) in [4.78, 5) is 14.8. The number of likely N-dealkylation sites (tertiary alicyclic amines) is 1. The molecule has 0 aromatic rings. The Morgan fingerprint density at radius 1 is 1.19 bits per heavy atom. The SMILES string of the molecule is CC1CCCC(C)N(C(=O)CC(C)C2CCNCC2)C1.Cl. The summed E-state index contributed by atoms with van der Waals surface area (Å²) < 4.78 is 0. The first kappa shape index (κ1) is 18.8. The molecule has 1 N–H and O–H groups in total. The number of hydrogen-bond donors (Lipinski definition) is 1. The molecule has 0 aliphatic carbocycles. The van der Waals surface area contributed by atoms with Gasteiger partial charge >= 0.3 is 0 Å². The number of amides is 1. The predicted octanol–water partition coefficient (Wildman–Crippen LogP) is 3.47. The summed E-state index contributed by atoms with van der Waals surface area (Å²) in [5, 5.41) is 3.41.